The van der Waals surface area contributed by atoms with E-state index in [-0.39, 0.29) is 17.2 Å². The second-order valence-corrected chi connectivity index (χ2v) is 5.52. The maximum absolute atomic E-state index is 12.3. The molecule has 0 radical (unpaired) electrons. The maximum Gasteiger partial charge on any atom is 0.340 e. The summed E-state index contributed by atoms with van der Waals surface area (Å²) in [5.41, 5.74) is 5.77. The fourth-order valence-electron chi connectivity index (χ4n) is 2.55. The van der Waals surface area contributed by atoms with Crippen LogP contribution in [0.15, 0.2) is 12.3 Å². The molecular formula is C14H20N4O3. The number of nitrogen functional groups attached to an aromatic ring is 1. The zero-order valence-electron chi connectivity index (χ0n) is 12.7. The Morgan fingerprint density at radius 3 is 2.71 bits per heavy atom. The number of amides is 1. The fraction of sp³-hybridized carbons (Fsp3) is 0.500. The van der Waals surface area contributed by atoms with Crippen molar-refractivity contribution in [2.75, 3.05) is 37.9 Å². The number of carbonyl (C=O) groups excluding carboxylic acids is 2. The van der Waals surface area contributed by atoms with Gasteiger partial charge in [-0.25, -0.2) is 9.78 Å². The van der Waals surface area contributed by atoms with Crippen molar-refractivity contribution < 1.29 is 14.3 Å². The molecule has 2 N–H and O–H groups in total. The molecule has 1 aliphatic heterocycles. The summed E-state index contributed by atoms with van der Waals surface area (Å²) in [6.07, 6.45) is 1.50. The van der Waals surface area contributed by atoms with Crippen LogP contribution in [0.2, 0.25) is 0 Å². The van der Waals surface area contributed by atoms with Crippen LogP contribution < -0.4 is 10.6 Å². The highest BCUT2D eigenvalue weighted by atomic mass is 16.5. The SMILES string of the molecule is COC(=O)c1ccnc(N2CCN(C)C(=O)C2(C)C)c1N. The van der Waals surface area contributed by atoms with E-state index >= 15 is 0 Å². The van der Waals surface area contributed by atoms with Crippen LogP contribution >= 0.6 is 0 Å². The van der Waals surface area contributed by atoms with Crippen LogP contribution in [0.4, 0.5) is 11.5 Å². The van der Waals surface area contributed by atoms with E-state index in [4.69, 9.17) is 10.5 Å². The van der Waals surface area contributed by atoms with Crippen molar-refractivity contribution >= 4 is 23.4 Å². The van der Waals surface area contributed by atoms with Gasteiger partial charge in [-0.3, -0.25) is 4.79 Å². The highest BCUT2D eigenvalue weighted by Crippen LogP contribution is 2.32. The summed E-state index contributed by atoms with van der Waals surface area (Å²) >= 11 is 0. The number of rotatable bonds is 2. The van der Waals surface area contributed by atoms with Crippen LogP contribution in [0.25, 0.3) is 0 Å². The molecule has 1 aromatic rings. The summed E-state index contributed by atoms with van der Waals surface area (Å²) in [5.74, 6) is -0.0998. The molecule has 1 fully saturated rings. The van der Waals surface area contributed by atoms with Gasteiger partial charge in [0, 0.05) is 26.3 Å². The number of anilines is 2. The van der Waals surface area contributed by atoms with E-state index in [1.807, 2.05) is 18.7 Å². The van der Waals surface area contributed by atoms with Gasteiger partial charge in [0.1, 0.15) is 5.54 Å². The Hall–Kier alpha value is -2.31. The van der Waals surface area contributed by atoms with Gasteiger partial charge in [-0.05, 0) is 19.9 Å². The van der Waals surface area contributed by atoms with Crippen LogP contribution in [-0.4, -0.2) is 54.5 Å². The normalized spacial score (nSPS) is 17.8. The molecule has 2 rings (SSSR count). The van der Waals surface area contributed by atoms with Crippen LogP contribution in [0.1, 0.15) is 24.2 Å². The number of pyridine rings is 1. The summed E-state index contributed by atoms with van der Waals surface area (Å²) in [5, 5.41) is 0. The van der Waals surface area contributed by atoms with E-state index in [1.54, 1.807) is 11.9 Å². The minimum atomic E-state index is -0.775. The van der Waals surface area contributed by atoms with Gasteiger partial charge in [-0.15, -0.1) is 0 Å². The minimum Gasteiger partial charge on any atom is -0.465 e. The largest absolute Gasteiger partial charge is 0.465 e. The monoisotopic (exact) mass is 292 g/mol. The molecule has 7 nitrogen and oxygen atoms in total. The van der Waals surface area contributed by atoms with E-state index < -0.39 is 11.5 Å². The predicted molar refractivity (Wildman–Crippen MR) is 79.1 cm³/mol. The van der Waals surface area contributed by atoms with Crippen LogP contribution in [0.3, 0.4) is 0 Å². The van der Waals surface area contributed by atoms with E-state index in [1.165, 1.54) is 19.4 Å². The highest BCUT2D eigenvalue weighted by Gasteiger charge is 2.42. The number of ether oxygens (including phenoxy) is 1. The number of hydrogen-bond acceptors (Lipinski definition) is 6. The molecule has 0 unspecified atom stereocenters. The van der Waals surface area contributed by atoms with E-state index in [0.717, 1.165) is 0 Å². The lowest BCUT2D eigenvalue weighted by atomic mass is 9.97. The Morgan fingerprint density at radius 1 is 1.43 bits per heavy atom. The van der Waals surface area contributed by atoms with Gasteiger partial charge in [-0.1, -0.05) is 0 Å². The number of nitrogens with zero attached hydrogens (tertiary/aromatic N) is 3. The van der Waals surface area contributed by atoms with E-state index in [9.17, 15) is 9.59 Å². The number of piperazine rings is 1. The van der Waals surface area contributed by atoms with Crippen molar-refractivity contribution in [3.8, 4) is 0 Å². The molecule has 114 valence electrons. The Labute approximate surface area is 123 Å². The molecule has 21 heavy (non-hydrogen) atoms. The standard InChI is InChI=1S/C14H20N4O3/c1-14(2)13(20)17(3)7-8-18(14)11-10(15)9(5-6-16-11)12(19)21-4/h5-6H,7-8,15H2,1-4H3. The third kappa shape index (κ3) is 2.39. The molecular weight excluding hydrogens is 272 g/mol. The minimum absolute atomic E-state index is 0.0154. The number of nitrogens with two attached hydrogens (primary N) is 1. The second-order valence-electron chi connectivity index (χ2n) is 5.52. The molecule has 1 amide bonds. The highest BCUT2D eigenvalue weighted by molar-refractivity contribution is 5.99. The van der Waals surface area contributed by atoms with Crippen LogP contribution in [0, 0.1) is 0 Å². The second kappa shape index (κ2) is 5.23. The van der Waals surface area contributed by atoms with Crippen LogP contribution in [0.5, 0.6) is 0 Å². The zero-order chi connectivity index (χ0) is 15.8. The third-order valence-electron chi connectivity index (χ3n) is 3.83. The Balaban J connectivity index is 2.47. The fourth-order valence-corrected chi connectivity index (χ4v) is 2.55. The van der Waals surface area contributed by atoms with Crippen molar-refractivity contribution in [3.05, 3.63) is 17.8 Å². The maximum atomic E-state index is 12.3. The number of aromatic nitrogens is 1. The number of methoxy groups -OCH3 is 1. The lowest BCUT2D eigenvalue weighted by Crippen LogP contribution is -2.62. The lowest BCUT2D eigenvalue weighted by Gasteiger charge is -2.45. The first-order chi connectivity index (χ1) is 9.80. The number of esters is 1. The molecule has 0 bridgehead atoms. The van der Waals surface area contributed by atoms with Crippen molar-refractivity contribution in [3.63, 3.8) is 0 Å². The smallest absolute Gasteiger partial charge is 0.340 e. The summed E-state index contributed by atoms with van der Waals surface area (Å²) in [6, 6.07) is 1.51. The molecule has 0 saturated carbocycles. The molecule has 1 saturated heterocycles. The Morgan fingerprint density at radius 2 is 2.10 bits per heavy atom. The number of likely N-dealkylation sites (N-methyl/N-ethyl adjacent to an activating group) is 1. The topological polar surface area (TPSA) is 88.8 Å². The molecule has 7 heteroatoms. The first kappa shape index (κ1) is 15.1. The first-order valence-electron chi connectivity index (χ1n) is 6.66. The van der Waals surface area contributed by atoms with Gasteiger partial charge >= 0.3 is 5.97 Å². The molecule has 0 aliphatic carbocycles. The summed E-state index contributed by atoms with van der Waals surface area (Å²) < 4.78 is 4.71. The van der Waals surface area contributed by atoms with Crippen molar-refractivity contribution in [1.82, 2.24) is 9.88 Å². The molecule has 1 aliphatic rings. The van der Waals surface area contributed by atoms with E-state index in [2.05, 4.69) is 4.98 Å². The summed E-state index contributed by atoms with van der Waals surface area (Å²) in [4.78, 5) is 31.8. The summed E-state index contributed by atoms with van der Waals surface area (Å²) in [6.45, 7) is 4.80. The van der Waals surface area contributed by atoms with Gasteiger partial charge < -0.3 is 20.3 Å². The van der Waals surface area contributed by atoms with Crippen molar-refractivity contribution in [2.45, 2.75) is 19.4 Å². The molecule has 0 atom stereocenters. The molecule has 0 aromatic carbocycles. The first-order valence-corrected chi connectivity index (χ1v) is 6.66. The summed E-state index contributed by atoms with van der Waals surface area (Å²) in [7, 11) is 3.06. The van der Waals surface area contributed by atoms with Gasteiger partial charge in [0.05, 0.1) is 18.4 Å². The van der Waals surface area contributed by atoms with Crippen molar-refractivity contribution in [1.29, 1.82) is 0 Å². The lowest BCUT2D eigenvalue weighted by molar-refractivity contribution is -0.136. The van der Waals surface area contributed by atoms with Crippen molar-refractivity contribution in [2.24, 2.45) is 0 Å². The average molecular weight is 292 g/mol. The van der Waals surface area contributed by atoms with Gasteiger partial charge in [0.25, 0.3) is 0 Å². The Bertz CT molecular complexity index is 586. The molecule has 0 spiro atoms. The number of hydrogen-bond donors (Lipinski definition) is 1. The van der Waals surface area contributed by atoms with Gasteiger partial charge in [-0.2, -0.15) is 0 Å². The van der Waals surface area contributed by atoms with Crippen LogP contribution in [-0.2, 0) is 9.53 Å². The zero-order valence-corrected chi connectivity index (χ0v) is 12.7. The molecule has 2 heterocycles. The average Bonchev–Trinajstić information content (AvgIpc) is 2.45. The van der Waals surface area contributed by atoms with Gasteiger partial charge in [0.15, 0.2) is 5.82 Å². The quantitative estimate of drug-likeness (QED) is 0.799. The third-order valence-corrected chi connectivity index (χ3v) is 3.83. The number of carbonyl (C=O) groups is 2. The van der Waals surface area contributed by atoms with E-state index in [0.29, 0.717) is 18.9 Å². The Kier molecular flexibility index (Phi) is 3.76. The predicted octanol–water partition coefficient (Wildman–Crippen LogP) is 0.507. The molecule has 1 aromatic heterocycles. The van der Waals surface area contributed by atoms with Gasteiger partial charge in [0.2, 0.25) is 5.91 Å².